The number of nitro benzene ring substituents is 1. The molecule has 166 valence electrons. The molecular weight excluding hydrogens is 489 g/mol. The van der Waals surface area contributed by atoms with Crippen LogP contribution in [-0.4, -0.2) is 10.8 Å². The van der Waals surface area contributed by atoms with Gasteiger partial charge in [0.1, 0.15) is 24.0 Å². The summed E-state index contributed by atoms with van der Waals surface area (Å²) < 4.78 is 5.65. The molecule has 10 heteroatoms. The van der Waals surface area contributed by atoms with Crippen LogP contribution in [0.1, 0.15) is 11.1 Å². The number of halogens is 3. The predicted octanol–water partition coefficient (Wildman–Crippen LogP) is 6.68. The standard InChI is InChI=1S/C23H14Cl3N3O4/c24-19-6-5-17(11-20(19)25)28-23(30)16(12-27)8-14-4-7-22(21(26)10-14)33-13-15-2-1-3-18(9-15)29(31)32/h1-11H,13H2,(H,28,30)/b16-8+. The minimum Gasteiger partial charge on any atom is -0.487 e. The van der Waals surface area contributed by atoms with Gasteiger partial charge in [0.2, 0.25) is 0 Å². The first kappa shape index (κ1) is 24.1. The Bertz CT molecular complexity index is 1300. The summed E-state index contributed by atoms with van der Waals surface area (Å²) in [6, 6.07) is 17.2. The van der Waals surface area contributed by atoms with Crippen molar-refractivity contribution < 1.29 is 14.5 Å². The number of nitro groups is 1. The summed E-state index contributed by atoms with van der Waals surface area (Å²) in [6.45, 7) is 0.0755. The van der Waals surface area contributed by atoms with Crippen LogP contribution in [0.4, 0.5) is 11.4 Å². The fourth-order valence-electron chi connectivity index (χ4n) is 2.73. The number of ether oxygens (including phenoxy) is 1. The maximum Gasteiger partial charge on any atom is 0.269 e. The molecule has 0 bridgehead atoms. The number of carbonyl (C=O) groups is 1. The number of rotatable bonds is 7. The Hall–Kier alpha value is -3.57. The van der Waals surface area contributed by atoms with E-state index in [0.717, 1.165) is 0 Å². The summed E-state index contributed by atoms with van der Waals surface area (Å²) in [6.07, 6.45) is 1.38. The number of hydrogen-bond acceptors (Lipinski definition) is 5. The smallest absolute Gasteiger partial charge is 0.269 e. The highest BCUT2D eigenvalue weighted by Crippen LogP contribution is 2.28. The van der Waals surface area contributed by atoms with Crippen molar-refractivity contribution in [2.45, 2.75) is 6.61 Å². The Labute approximate surface area is 203 Å². The van der Waals surface area contributed by atoms with Gasteiger partial charge in [-0.25, -0.2) is 0 Å². The number of nitrogens with zero attached hydrogens (tertiary/aromatic N) is 2. The van der Waals surface area contributed by atoms with Gasteiger partial charge >= 0.3 is 0 Å². The van der Waals surface area contributed by atoms with Crippen LogP contribution in [0, 0.1) is 21.4 Å². The molecule has 3 aromatic rings. The van der Waals surface area contributed by atoms with Gasteiger partial charge in [-0.3, -0.25) is 14.9 Å². The molecule has 0 heterocycles. The van der Waals surface area contributed by atoms with E-state index in [0.29, 0.717) is 27.6 Å². The Morgan fingerprint density at radius 1 is 1.06 bits per heavy atom. The summed E-state index contributed by atoms with van der Waals surface area (Å²) in [5.74, 6) is -0.280. The summed E-state index contributed by atoms with van der Waals surface area (Å²) in [5.41, 5.74) is 1.31. The van der Waals surface area contributed by atoms with Crippen molar-refractivity contribution in [3.63, 3.8) is 0 Å². The van der Waals surface area contributed by atoms with Crippen molar-refractivity contribution >= 4 is 58.2 Å². The number of carbonyl (C=O) groups excluding carboxylic acids is 1. The molecular formula is C23H14Cl3N3O4. The molecule has 0 spiro atoms. The molecule has 0 aromatic heterocycles. The number of anilines is 1. The van der Waals surface area contributed by atoms with Crippen LogP contribution in [0.25, 0.3) is 6.08 Å². The third-order valence-corrected chi connectivity index (χ3v) is 5.36. The van der Waals surface area contributed by atoms with E-state index in [9.17, 15) is 20.2 Å². The molecule has 0 aliphatic carbocycles. The quantitative estimate of drug-likeness (QED) is 0.168. The van der Waals surface area contributed by atoms with Gasteiger partial charge in [0, 0.05) is 17.8 Å². The molecule has 1 amide bonds. The highest BCUT2D eigenvalue weighted by molar-refractivity contribution is 6.42. The molecule has 0 unspecified atom stereocenters. The van der Waals surface area contributed by atoms with Gasteiger partial charge in [-0.1, -0.05) is 53.0 Å². The van der Waals surface area contributed by atoms with Crippen molar-refractivity contribution in [3.05, 3.63) is 103 Å². The predicted molar refractivity (Wildman–Crippen MR) is 128 cm³/mol. The van der Waals surface area contributed by atoms with E-state index in [1.54, 1.807) is 30.3 Å². The van der Waals surface area contributed by atoms with E-state index in [4.69, 9.17) is 39.5 Å². The zero-order valence-corrected chi connectivity index (χ0v) is 19.0. The molecule has 7 nitrogen and oxygen atoms in total. The Morgan fingerprint density at radius 2 is 1.85 bits per heavy atom. The van der Waals surface area contributed by atoms with Gasteiger partial charge in [-0.2, -0.15) is 5.26 Å². The lowest BCUT2D eigenvalue weighted by molar-refractivity contribution is -0.384. The third kappa shape index (κ3) is 6.46. The van der Waals surface area contributed by atoms with Crippen molar-refractivity contribution in [3.8, 4) is 11.8 Å². The SMILES string of the molecule is N#C/C(=C\c1ccc(OCc2cccc([N+](=O)[O-])c2)c(Cl)c1)C(=O)Nc1ccc(Cl)c(Cl)c1. The van der Waals surface area contributed by atoms with E-state index in [-0.39, 0.29) is 27.9 Å². The maximum absolute atomic E-state index is 12.4. The second kappa shape index (κ2) is 10.8. The molecule has 1 N–H and O–H groups in total. The van der Waals surface area contributed by atoms with Gasteiger partial charge in [0.15, 0.2) is 0 Å². The summed E-state index contributed by atoms with van der Waals surface area (Å²) in [4.78, 5) is 22.8. The second-order valence-corrected chi connectivity index (χ2v) is 7.88. The van der Waals surface area contributed by atoms with E-state index >= 15 is 0 Å². The van der Waals surface area contributed by atoms with Gasteiger partial charge in [-0.15, -0.1) is 0 Å². The summed E-state index contributed by atoms with van der Waals surface area (Å²) in [7, 11) is 0. The molecule has 3 aromatic carbocycles. The molecule has 33 heavy (non-hydrogen) atoms. The fourth-order valence-corrected chi connectivity index (χ4v) is 3.27. The van der Waals surface area contributed by atoms with E-state index < -0.39 is 10.8 Å². The first-order valence-electron chi connectivity index (χ1n) is 9.30. The number of nitriles is 1. The zero-order chi connectivity index (χ0) is 24.0. The molecule has 3 rings (SSSR count). The monoisotopic (exact) mass is 501 g/mol. The van der Waals surface area contributed by atoms with E-state index in [2.05, 4.69) is 5.32 Å². The minimum absolute atomic E-state index is 0.0362. The van der Waals surface area contributed by atoms with Crippen LogP contribution in [0.15, 0.2) is 66.2 Å². The zero-order valence-electron chi connectivity index (χ0n) is 16.7. The normalized spacial score (nSPS) is 10.9. The molecule has 0 aliphatic heterocycles. The maximum atomic E-state index is 12.4. The number of hydrogen-bond donors (Lipinski definition) is 1. The first-order chi connectivity index (χ1) is 15.8. The highest BCUT2D eigenvalue weighted by atomic mass is 35.5. The number of benzene rings is 3. The molecule has 0 atom stereocenters. The van der Waals surface area contributed by atoms with Crippen molar-refractivity contribution in [2.75, 3.05) is 5.32 Å². The van der Waals surface area contributed by atoms with Gasteiger partial charge in [0.25, 0.3) is 11.6 Å². The van der Waals surface area contributed by atoms with Crippen molar-refractivity contribution in [2.24, 2.45) is 0 Å². The number of non-ortho nitro benzene ring substituents is 1. The Balaban J connectivity index is 1.71. The van der Waals surface area contributed by atoms with Crippen LogP contribution in [0.2, 0.25) is 15.1 Å². The average Bonchev–Trinajstić information content (AvgIpc) is 2.79. The van der Waals surface area contributed by atoms with Crippen molar-refractivity contribution in [1.29, 1.82) is 5.26 Å². The van der Waals surface area contributed by atoms with Crippen LogP contribution < -0.4 is 10.1 Å². The number of amides is 1. The largest absolute Gasteiger partial charge is 0.487 e. The van der Waals surface area contributed by atoms with Crippen LogP contribution >= 0.6 is 34.8 Å². The topological polar surface area (TPSA) is 105 Å². The van der Waals surface area contributed by atoms with Crippen LogP contribution in [0.5, 0.6) is 5.75 Å². The van der Waals surface area contributed by atoms with Crippen LogP contribution in [-0.2, 0) is 11.4 Å². The van der Waals surface area contributed by atoms with Gasteiger partial charge in [0.05, 0.1) is 20.0 Å². The van der Waals surface area contributed by atoms with Crippen molar-refractivity contribution in [1.82, 2.24) is 0 Å². The molecule has 0 saturated heterocycles. The van der Waals surface area contributed by atoms with E-state index in [1.807, 2.05) is 6.07 Å². The third-order valence-electron chi connectivity index (χ3n) is 4.33. The van der Waals surface area contributed by atoms with Crippen LogP contribution in [0.3, 0.4) is 0 Å². The minimum atomic E-state index is -0.627. The summed E-state index contributed by atoms with van der Waals surface area (Å²) in [5, 5.41) is 23.7. The number of nitrogens with one attached hydrogen (secondary N) is 1. The lowest BCUT2D eigenvalue weighted by atomic mass is 10.1. The Kier molecular flexibility index (Phi) is 7.91. The van der Waals surface area contributed by atoms with E-state index in [1.165, 1.54) is 36.4 Å². The fraction of sp³-hybridized carbons (Fsp3) is 0.0435. The Morgan fingerprint density at radius 3 is 2.52 bits per heavy atom. The summed E-state index contributed by atoms with van der Waals surface area (Å²) >= 11 is 18.1. The second-order valence-electron chi connectivity index (χ2n) is 6.66. The molecule has 0 fully saturated rings. The molecule has 0 saturated carbocycles. The highest BCUT2D eigenvalue weighted by Gasteiger charge is 2.12. The lowest BCUT2D eigenvalue weighted by Crippen LogP contribution is -2.13. The average molecular weight is 503 g/mol. The molecule has 0 radical (unpaired) electrons. The molecule has 0 aliphatic rings. The van der Waals surface area contributed by atoms with Gasteiger partial charge in [-0.05, 0) is 47.5 Å². The lowest BCUT2D eigenvalue weighted by Gasteiger charge is -2.09. The van der Waals surface area contributed by atoms with Gasteiger partial charge < -0.3 is 10.1 Å². The first-order valence-corrected chi connectivity index (χ1v) is 10.4.